The van der Waals surface area contributed by atoms with Gasteiger partial charge in [-0.3, -0.25) is 4.79 Å². The van der Waals surface area contributed by atoms with Gasteiger partial charge in [-0.1, -0.05) is 0 Å². The van der Waals surface area contributed by atoms with Crippen LogP contribution in [0.5, 0.6) is 0 Å². The molecule has 1 atom stereocenters. The van der Waals surface area contributed by atoms with Crippen LogP contribution in [0.3, 0.4) is 0 Å². The van der Waals surface area contributed by atoms with Gasteiger partial charge in [-0.05, 0) is 39.4 Å². The lowest BCUT2D eigenvalue weighted by molar-refractivity contribution is -0.120. The average molecular weight is 199 g/mol. The molecule has 14 heavy (non-hydrogen) atoms. The first-order valence-electron chi connectivity index (χ1n) is 5.38. The third-order valence-corrected chi connectivity index (χ3v) is 2.58. The van der Waals surface area contributed by atoms with Gasteiger partial charge in [0.25, 0.3) is 0 Å². The average Bonchev–Trinajstić information content (AvgIpc) is 2.52. The number of hydrogen-bond donors (Lipinski definition) is 2. The van der Waals surface area contributed by atoms with E-state index < -0.39 is 0 Å². The van der Waals surface area contributed by atoms with E-state index in [9.17, 15) is 4.79 Å². The second-order valence-corrected chi connectivity index (χ2v) is 4.00. The Balaban J connectivity index is 2.01. The second kappa shape index (κ2) is 5.98. The lowest BCUT2D eigenvalue weighted by Gasteiger charge is -2.11. The summed E-state index contributed by atoms with van der Waals surface area (Å²) in [6, 6.07) is 0. The Bertz CT molecular complexity index is 184. The molecule has 0 aromatic heterocycles. The van der Waals surface area contributed by atoms with Crippen molar-refractivity contribution in [3.05, 3.63) is 0 Å². The van der Waals surface area contributed by atoms with E-state index in [2.05, 4.69) is 22.6 Å². The van der Waals surface area contributed by atoms with Gasteiger partial charge in [-0.2, -0.15) is 0 Å². The van der Waals surface area contributed by atoms with Crippen LogP contribution in [0.2, 0.25) is 0 Å². The first-order valence-corrected chi connectivity index (χ1v) is 5.38. The van der Waals surface area contributed by atoms with Crippen molar-refractivity contribution >= 4 is 5.91 Å². The number of likely N-dealkylation sites (N-methyl/N-ethyl adjacent to an activating group) is 1. The lowest BCUT2D eigenvalue weighted by Crippen LogP contribution is -2.36. The van der Waals surface area contributed by atoms with Crippen LogP contribution in [0.15, 0.2) is 0 Å². The predicted octanol–water partition coefficient (Wildman–Crippen LogP) is -0.336. The third-order valence-electron chi connectivity index (χ3n) is 2.58. The van der Waals surface area contributed by atoms with E-state index in [1.54, 1.807) is 0 Å². The van der Waals surface area contributed by atoms with Crippen molar-refractivity contribution < 1.29 is 4.79 Å². The number of amides is 1. The molecule has 1 heterocycles. The molecule has 0 aromatic carbocycles. The molecule has 2 N–H and O–H groups in total. The molecule has 82 valence electrons. The molecule has 1 aliphatic rings. The summed E-state index contributed by atoms with van der Waals surface area (Å²) in [4.78, 5) is 13.4. The minimum atomic E-state index is 0.0962. The molecule has 4 heteroatoms. The molecule has 0 bridgehead atoms. The van der Waals surface area contributed by atoms with Gasteiger partial charge in [0, 0.05) is 13.1 Å². The van der Waals surface area contributed by atoms with Gasteiger partial charge < -0.3 is 15.5 Å². The summed E-state index contributed by atoms with van der Waals surface area (Å²) in [6.45, 7) is 6.40. The molecular weight excluding hydrogens is 178 g/mol. The monoisotopic (exact) mass is 199 g/mol. The molecule has 1 fully saturated rings. The first-order chi connectivity index (χ1) is 6.72. The van der Waals surface area contributed by atoms with E-state index in [-0.39, 0.29) is 5.91 Å². The number of rotatable bonds is 5. The van der Waals surface area contributed by atoms with Crippen molar-refractivity contribution in [1.82, 2.24) is 15.5 Å². The highest BCUT2D eigenvalue weighted by atomic mass is 16.1. The normalized spacial score (nSPS) is 22.6. The van der Waals surface area contributed by atoms with Crippen molar-refractivity contribution in [3.63, 3.8) is 0 Å². The van der Waals surface area contributed by atoms with Crippen LogP contribution in [0, 0.1) is 5.92 Å². The standard InChI is InChI=1S/C10H21N3O/c1-3-12-10(14)7-11-6-9-4-5-13(2)8-9/h9,11H,3-8H2,1-2H3,(H,12,14). The molecule has 1 aliphatic heterocycles. The fourth-order valence-electron chi connectivity index (χ4n) is 1.84. The van der Waals surface area contributed by atoms with Gasteiger partial charge in [-0.15, -0.1) is 0 Å². The van der Waals surface area contributed by atoms with E-state index in [1.807, 2.05) is 6.92 Å². The molecule has 1 saturated heterocycles. The van der Waals surface area contributed by atoms with E-state index >= 15 is 0 Å². The SMILES string of the molecule is CCNC(=O)CNCC1CCN(C)C1. The fourth-order valence-corrected chi connectivity index (χ4v) is 1.84. The van der Waals surface area contributed by atoms with E-state index in [0.717, 1.165) is 19.0 Å². The maximum atomic E-state index is 11.1. The summed E-state index contributed by atoms with van der Waals surface area (Å²) in [5, 5.41) is 5.96. The summed E-state index contributed by atoms with van der Waals surface area (Å²) in [5.41, 5.74) is 0. The van der Waals surface area contributed by atoms with E-state index in [4.69, 9.17) is 0 Å². The Kier molecular flexibility index (Phi) is 4.90. The molecule has 0 saturated carbocycles. The van der Waals surface area contributed by atoms with Crippen molar-refractivity contribution in [3.8, 4) is 0 Å². The summed E-state index contributed by atoms with van der Waals surface area (Å²) in [5.74, 6) is 0.813. The molecule has 4 nitrogen and oxygen atoms in total. The van der Waals surface area contributed by atoms with Crippen LogP contribution >= 0.6 is 0 Å². The van der Waals surface area contributed by atoms with Crippen molar-refractivity contribution in [2.24, 2.45) is 5.92 Å². The molecule has 1 amide bonds. The molecule has 0 spiro atoms. The van der Waals surface area contributed by atoms with Crippen LogP contribution in [0.1, 0.15) is 13.3 Å². The van der Waals surface area contributed by atoms with Crippen LogP contribution in [-0.2, 0) is 4.79 Å². The largest absolute Gasteiger partial charge is 0.355 e. The van der Waals surface area contributed by atoms with Crippen molar-refractivity contribution in [2.45, 2.75) is 13.3 Å². The zero-order chi connectivity index (χ0) is 10.4. The van der Waals surface area contributed by atoms with E-state index in [1.165, 1.54) is 13.0 Å². The van der Waals surface area contributed by atoms with Gasteiger partial charge in [0.15, 0.2) is 0 Å². The summed E-state index contributed by atoms with van der Waals surface area (Å²) >= 11 is 0. The van der Waals surface area contributed by atoms with Crippen LogP contribution < -0.4 is 10.6 Å². The third kappa shape index (κ3) is 4.07. The maximum Gasteiger partial charge on any atom is 0.233 e. The molecule has 0 aliphatic carbocycles. The van der Waals surface area contributed by atoms with Gasteiger partial charge in [0.2, 0.25) is 5.91 Å². The van der Waals surface area contributed by atoms with Gasteiger partial charge in [0.1, 0.15) is 0 Å². The molecular formula is C10H21N3O. The number of nitrogens with one attached hydrogen (secondary N) is 2. The Hall–Kier alpha value is -0.610. The lowest BCUT2D eigenvalue weighted by atomic mass is 10.1. The van der Waals surface area contributed by atoms with Crippen molar-refractivity contribution in [1.29, 1.82) is 0 Å². The Morgan fingerprint density at radius 3 is 2.93 bits per heavy atom. The highest BCUT2D eigenvalue weighted by molar-refractivity contribution is 5.77. The highest BCUT2D eigenvalue weighted by Gasteiger charge is 2.18. The van der Waals surface area contributed by atoms with Gasteiger partial charge in [0.05, 0.1) is 6.54 Å². The summed E-state index contributed by atoms with van der Waals surface area (Å²) in [7, 11) is 2.14. The zero-order valence-corrected chi connectivity index (χ0v) is 9.18. The minimum absolute atomic E-state index is 0.0962. The Morgan fingerprint density at radius 2 is 2.36 bits per heavy atom. The predicted molar refractivity (Wildman–Crippen MR) is 57.2 cm³/mol. The Morgan fingerprint density at radius 1 is 1.57 bits per heavy atom. The van der Waals surface area contributed by atoms with Crippen LogP contribution in [0.25, 0.3) is 0 Å². The van der Waals surface area contributed by atoms with Gasteiger partial charge >= 0.3 is 0 Å². The number of carbonyl (C=O) groups excluding carboxylic acids is 1. The number of carbonyl (C=O) groups is 1. The number of likely N-dealkylation sites (tertiary alicyclic amines) is 1. The fraction of sp³-hybridized carbons (Fsp3) is 0.900. The van der Waals surface area contributed by atoms with Crippen molar-refractivity contribution in [2.75, 3.05) is 39.8 Å². The zero-order valence-electron chi connectivity index (χ0n) is 9.18. The molecule has 0 radical (unpaired) electrons. The van der Waals surface area contributed by atoms with E-state index in [0.29, 0.717) is 13.1 Å². The Labute approximate surface area is 86.0 Å². The number of nitrogens with zero attached hydrogens (tertiary/aromatic N) is 1. The number of hydrogen-bond acceptors (Lipinski definition) is 3. The van der Waals surface area contributed by atoms with Crippen LogP contribution in [0.4, 0.5) is 0 Å². The maximum absolute atomic E-state index is 11.1. The van der Waals surface area contributed by atoms with Gasteiger partial charge in [-0.25, -0.2) is 0 Å². The second-order valence-electron chi connectivity index (χ2n) is 4.00. The molecule has 0 aromatic rings. The first kappa shape index (κ1) is 11.5. The highest BCUT2D eigenvalue weighted by Crippen LogP contribution is 2.12. The molecule has 1 unspecified atom stereocenters. The quantitative estimate of drug-likeness (QED) is 0.637. The summed E-state index contributed by atoms with van der Waals surface area (Å²) < 4.78 is 0. The van der Waals surface area contributed by atoms with Crippen LogP contribution in [-0.4, -0.2) is 50.6 Å². The smallest absolute Gasteiger partial charge is 0.233 e. The topological polar surface area (TPSA) is 44.4 Å². The minimum Gasteiger partial charge on any atom is -0.355 e. The summed E-state index contributed by atoms with van der Waals surface area (Å²) in [6.07, 6.45) is 1.25. The molecule has 1 rings (SSSR count).